The summed E-state index contributed by atoms with van der Waals surface area (Å²) in [6.07, 6.45) is 0.259. The lowest BCUT2D eigenvalue weighted by Crippen LogP contribution is -2.44. The zero-order valence-electron chi connectivity index (χ0n) is 9.33. The van der Waals surface area contributed by atoms with Crippen LogP contribution < -0.4 is 0 Å². The van der Waals surface area contributed by atoms with Gasteiger partial charge in [-0.15, -0.1) is 0 Å². The largest absolute Gasteiger partial charge is 0.425 e. The number of hydrogen-bond acceptors (Lipinski definition) is 3. The number of likely N-dealkylation sites (N-methyl/N-ethyl adjacent to an activating group) is 1. The first-order valence-corrected chi connectivity index (χ1v) is 5.70. The molecule has 78 valence electrons. The van der Waals surface area contributed by atoms with Crippen LogP contribution in [0.5, 0.6) is 0 Å². The van der Waals surface area contributed by atoms with E-state index in [-0.39, 0.29) is 11.8 Å². The van der Waals surface area contributed by atoms with Crippen LogP contribution in [0.3, 0.4) is 0 Å². The Hall–Kier alpha value is 0.0969. The first kappa shape index (κ1) is 11.2. The summed E-state index contributed by atoms with van der Waals surface area (Å²) in [5, 5.41) is 0. The smallest absolute Gasteiger partial charge is 0.146 e. The second-order valence-electron chi connectivity index (χ2n) is 4.29. The number of rotatable bonds is 3. The van der Waals surface area contributed by atoms with Crippen molar-refractivity contribution in [2.75, 3.05) is 20.2 Å². The Bertz CT molecular complexity index is 177. The average Bonchev–Trinajstić information content (AvgIpc) is 2.29. The van der Waals surface area contributed by atoms with Gasteiger partial charge in [0.25, 0.3) is 0 Å². The van der Waals surface area contributed by atoms with Crippen molar-refractivity contribution in [3.8, 4) is 0 Å². The number of nitrogens with zero attached hydrogens (tertiary/aromatic N) is 1. The fourth-order valence-corrected chi connectivity index (χ4v) is 2.17. The van der Waals surface area contributed by atoms with Gasteiger partial charge >= 0.3 is 0 Å². The SMILES string of the molecule is CC(C)C1(C)OC(CO[SiH3])CN1C. The molecule has 0 aromatic rings. The molecule has 0 bridgehead atoms. The first-order valence-electron chi connectivity index (χ1n) is 4.88. The molecule has 0 aromatic heterocycles. The molecule has 0 saturated carbocycles. The molecule has 0 N–H and O–H groups in total. The molecule has 2 unspecified atom stereocenters. The van der Waals surface area contributed by atoms with Crippen molar-refractivity contribution in [1.29, 1.82) is 0 Å². The van der Waals surface area contributed by atoms with Gasteiger partial charge < -0.3 is 9.16 Å². The summed E-state index contributed by atoms with van der Waals surface area (Å²) >= 11 is 0. The highest BCUT2D eigenvalue weighted by Crippen LogP contribution is 2.32. The van der Waals surface area contributed by atoms with Gasteiger partial charge in [-0.3, -0.25) is 4.90 Å². The maximum absolute atomic E-state index is 5.99. The average molecular weight is 203 g/mol. The van der Waals surface area contributed by atoms with Crippen molar-refractivity contribution >= 4 is 10.5 Å². The zero-order chi connectivity index (χ0) is 10.1. The number of hydrogen-bond donors (Lipinski definition) is 0. The van der Waals surface area contributed by atoms with Crippen molar-refractivity contribution < 1.29 is 9.16 Å². The van der Waals surface area contributed by atoms with Crippen molar-refractivity contribution in [2.24, 2.45) is 5.92 Å². The fourth-order valence-electron chi connectivity index (χ4n) is 1.80. The Morgan fingerprint density at radius 1 is 1.69 bits per heavy atom. The molecule has 1 aliphatic heterocycles. The molecule has 1 heterocycles. The summed E-state index contributed by atoms with van der Waals surface area (Å²) in [7, 11) is 2.92. The van der Waals surface area contributed by atoms with E-state index in [1.54, 1.807) is 0 Å². The highest BCUT2D eigenvalue weighted by Gasteiger charge is 2.42. The van der Waals surface area contributed by atoms with E-state index in [0.717, 1.165) is 23.6 Å². The highest BCUT2D eigenvalue weighted by atomic mass is 28.2. The monoisotopic (exact) mass is 203 g/mol. The Kier molecular flexibility index (Phi) is 3.51. The van der Waals surface area contributed by atoms with Gasteiger partial charge in [-0.2, -0.15) is 0 Å². The van der Waals surface area contributed by atoms with E-state index in [4.69, 9.17) is 9.16 Å². The Labute approximate surface area is 83.9 Å². The van der Waals surface area contributed by atoms with Crippen LogP contribution in [0, 0.1) is 5.92 Å². The van der Waals surface area contributed by atoms with Crippen LogP contribution in [0.2, 0.25) is 0 Å². The molecule has 13 heavy (non-hydrogen) atoms. The van der Waals surface area contributed by atoms with E-state index in [9.17, 15) is 0 Å². The van der Waals surface area contributed by atoms with Crippen LogP contribution in [0.1, 0.15) is 20.8 Å². The predicted octanol–water partition coefficient (Wildman–Crippen LogP) is -0.0138. The van der Waals surface area contributed by atoms with E-state index in [0.29, 0.717) is 5.92 Å². The Morgan fingerprint density at radius 3 is 2.69 bits per heavy atom. The molecule has 1 aliphatic rings. The van der Waals surface area contributed by atoms with Gasteiger partial charge in [0.05, 0.1) is 12.7 Å². The minimum Gasteiger partial charge on any atom is -0.425 e. The summed E-state index contributed by atoms with van der Waals surface area (Å²) in [6.45, 7) is 8.28. The van der Waals surface area contributed by atoms with Crippen molar-refractivity contribution in [3.63, 3.8) is 0 Å². The number of ether oxygens (including phenoxy) is 1. The molecule has 0 amide bonds. The lowest BCUT2D eigenvalue weighted by Gasteiger charge is -2.34. The van der Waals surface area contributed by atoms with Gasteiger partial charge in [-0.25, -0.2) is 0 Å². The highest BCUT2D eigenvalue weighted by molar-refractivity contribution is 5.97. The lowest BCUT2D eigenvalue weighted by molar-refractivity contribution is -0.119. The second kappa shape index (κ2) is 4.08. The Morgan fingerprint density at radius 2 is 2.31 bits per heavy atom. The molecule has 0 aliphatic carbocycles. The van der Waals surface area contributed by atoms with Crippen molar-refractivity contribution in [1.82, 2.24) is 4.90 Å². The molecule has 4 heteroatoms. The van der Waals surface area contributed by atoms with E-state index < -0.39 is 0 Å². The standard InChI is InChI=1S/C9H21NO2Si/c1-7(2)9(3)10(4)5-8(12-9)6-11-13/h7-8H,5-6H2,1-4,13H3. The second-order valence-corrected chi connectivity index (χ2v) is 4.86. The topological polar surface area (TPSA) is 21.7 Å². The maximum atomic E-state index is 5.99. The van der Waals surface area contributed by atoms with Crippen molar-refractivity contribution in [2.45, 2.75) is 32.6 Å². The van der Waals surface area contributed by atoms with Crippen LogP contribution in [0.15, 0.2) is 0 Å². The summed E-state index contributed by atoms with van der Waals surface area (Å²) in [5.41, 5.74) is -0.106. The maximum Gasteiger partial charge on any atom is 0.146 e. The van der Waals surface area contributed by atoms with Crippen LogP contribution in [0.25, 0.3) is 0 Å². The van der Waals surface area contributed by atoms with E-state index in [2.05, 4.69) is 32.7 Å². The normalized spacial score (nSPS) is 36.2. The summed E-state index contributed by atoms with van der Waals surface area (Å²) in [6, 6.07) is 0. The first-order chi connectivity index (χ1) is 6.00. The van der Waals surface area contributed by atoms with Gasteiger partial charge in [0, 0.05) is 6.54 Å². The van der Waals surface area contributed by atoms with Crippen LogP contribution >= 0.6 is 0 Å². The van der Waals surface area contributed by atoms with Crippen LogP contribution in [0.4, 0.5) is 0 Å². The predicted molar refractivity (Wildman–Crippen MR) is 56.6 cm³/mol. The Balaban J connectivity index is 2.59. The third kappa shape index (κ3) is 2.12. The molecular formula is C9H21NO2Si. The molecule has 1 rings (SSSR count). The lowest BCUT2D eigenvalue weighted by atomic mass is 10.0. The fraction of sp³-hybridized carbons (Fsp3) is 1.00. The van der Waals surface area contributed by atoms with E-state index in [1.807, 2.05) is 0 Å². The minimum absolute atomic E-state index is 0.106. The van der Waals surface area contributed by atoms with Gasteiger partial charge in [-0.1, -0.05) is 13.8 Å². The molecule has 0 radical (unpaired) electrons. The third-order valence-corrected chi connectivity index (χ3v) is 3.40. The summed E-state index contributed by atoms with van der Waals surface area (Å²) in [4.78, 5) is 2.28. The summed E-state index contributed by atoms with van der Waals surface area (Å²) in [5.74, 6) is 0.511. The molecule has 1 saturated heterocycles. The van der Waals surface area contributed by atoms with Gasteiger partial charge in [0.15, 0.2) is 0 Å². The molecule has 3 nitrogen and oxygen atoms in total. The molecule has 2 atom stereocenters. The molecule has 0 spiro atoms. The van der Waals surface area contributed by atoms with Gasteiger partial charge in [0.1, 0.15) is 16.2 Å². The molecule has 1 fully saturated rings. The molecule has 0 aromatic carbocycles. The van der Waals surface area contributed by atoms with Crippen molar-refractivity contribution in [3.05, 3.63) is 0 Å². The quantitative estimate of drug-likeness (QED) is 0.602. The van der Waals surface area contributed by atoms with E-state index in [1.165, 1.54) is 0 Å². The zero-order valence-corrected chi connectivity index (χ0v) is 11.3. The van der Waals surface area contributed by atoms with E-state index >= 15 is 0 Å². The van der Waals surface area contributed by atoms with Crippen LogP contribution in [-0.4, -0.2) is 47.4 Å². The third-order valence-electron chi connectivity index (χ3n) is 3.06. The summed E-state index contributed by atoms with van der Waals surface area (Å²) < 4.78 is 11.2. The van der Waals surface area contributed by atoms with Gasteiger partial charge in [0.2, 0.25) is 0 Å². The van der Waals surface area contributed by atoms with Crippen LogP contribution in [-0.2, 0) is 9.16 Å². The minimum atomic E-state index is -0.106. The van der Waals surface area contributed by atoms with Gasteiger partial charge in [-0.05, 0) is 19.9 Å². The molecular weight excluding hydrogens is 182 g/mol.